The number of ether oxygens (including phenoxy) is 1. The molecule has 23 heavy (non-hydrogen) atoms. The van der Waals surface area contributed by atoms with Crippen LogP contribution in [0.25, 0.3) is 0 Å². The fraction of sp³-hybridized carbons (Fsp3) is 0.238. The molecule has 0 radical (unpaired) electrons. The van der Waals surface area contributed by atoms with Crippen LogP contribution in [0, 0.1) is 0 Å². The van der Waals surface area contributed by atoms with E-state index in [0.717, 1.165) is 18.7 Å². The third-order valence-corrected chi connectivity index (χ3v) is 3.73. The second-order valence-electron chi connectivity index (χ2n) is 5.63. The maximum absolute atomic E-state index is 5.22. The molecule has 0 saturated carbocycles. The molecule has 120 valence electrons. The summed E-state index contributed by atoms with van der Waals surface area (Å²) in [5.74, 6) is 0. The molecule has 2 nitrogen and oxygen atoms in total. The first-order valence-electron chi connectivity index (χ1n) is 7.86. The van der Waals surface area contributed by atoms with E-state index in [0.29, 0.717) is 6.61 Å². The average Bonchev–Trinajstić information content (AvgIpc) is 2.57. The Balaban J connectivity index is 2.37. The first kappa shape index (κ1) is 17.2. The molecule has 0 fully saturated rings. The van der Waals surface area contributed by atoms with Gasteiger partial charge in [-0.1, -0.05) is 73.3 Å². The van der Waals surface area contributed by atoms with Gasteiger partial charge in [0, 0.05) is 20.2 Å². The van der Waals surface area contributed by atoms with E-state index >= 15 is 0 Å². The van der Waals surface area contributed by atoms with Gasteiger partial charge in [-0.3, -0.25) is 4.90 Å². The first-order chi connectivity index (χ1) is 11.3. The van der Waals surface area contributed by atoms with Gasteiger partial charge in [-0.15, -0.1) is 6.58 Å². The number of methoxy groups -OCH3 is 1. The van der Waals surface area contributed by atoms with Crippen LogP contribution < -0.4 is 0 Å². The highest BCUT2D eigenvalue weighted by molar-refractivity contribution is 5.32. The molecule has 0 saturated heterocycles. The monoisotopic (exact) mass is 307 g/mol. The Kier molecular flexibility index (Phi) is 6.79. The Morgan fingerprint density at radius 1 is 1.04 bits per heavy atom. The van der Waals surface area contributed by atoms with E-state index in [9.17, 15) is 0 Å². The summed E-state index contributed by atoms with van der Waals surface area (Å²) >= 11 is 0. The molecule has 0 aliphatic heterocycles. The quantitative estimate of drug-likeness (QED) is 0.634. The number of hydrogen-bond acceptors (Lipinski definition) is 2. The molecule has 0 heterocycles. The lowest BCUT2D eigenvalue weighted by Crippen LogP contribution is -2.32. The molecule has 0 N–H and O–H groups in total. The van der Waals surface area contributed by atoms with E-state index in [1.807, 2.05) is 18.2 Å². The van der Waals surface area contributed by atoms with Crippen LogP contribution in [0.5, 0.6) is 0 Å². The van der Waals surface area contributed by atoms with Crippen LogP contribution in [0.4, 0.5) is 0 Å². The molecule has 2 aromatic carbocycles. The van der Waals surface area contributed by atoms with E-state index in [2.05, 4.69) is 66.6 Å². The standard InChI is InChI=1S/C21H25NO/c1-4-15-22(16-18(2)17-23-3)21(19-11-7-5-8-12-19)20-13-9-6-10-14-20/h4-14,21H,1-2,15-17H2,3H3. The van der Waals surface area contributed by atoms with Gasteiger partial charge in [0.05, 0.1) is 12.6 Å². The molecule has 0 spiro atoms. The van der Waals surface area contributed by atoms with Crippen molar-refractivity contribution in [1.29, 1.82) is 0 Å². The van der Waals surface area contributed by atoms with Gasteiger partial charge >= 0.3 is 0 Å². The molecule has 0 atom stereocenters. The van der Waals surface area contributed by atoms with Crippen LogP contribution in [0.15, 0.2) is 85.5 Å². The maximum Gasteiger partial charge on any atom is 0.0682 e. The van der Waals surface area contributed by atoms with E-state index in [4.69, 9.17) is 4.74 Å². The third kappa shape index (κ3) is 4.92. The molecule has 0 aromatic heterocycles. The van der Waals surface area contributed by atoms with Crippen molar-refractivity contribution in [3.8, 4) is 0 Å². The average molecular weight is 307 g/mol. The van der Waals surface area contributed by atoms with Gasteiger partial charge in [0.15, 0.2) is 0 Å². The minimum atomic E-state index is 0.170. The van der Waals surface area contributed by atoms with Crippen LogP contribution in [0.1, 0.15) is 17.2 Å². The lowest BCUT2D eigenvalue weighted by molar-refractivity contribution is 0.205. The zero-order valence-electron chi connectivity index (χ0n) is 13.8. The number of nitrogens with zero attached hydrogens (tertiary/aromatic N) is 1. The van der Waals surface area contributed by atoms with Gasteiger partial charge in [-0.2, -0.15) is 0 Å². The van der Waals surface area contributed by atoms with Crippen molar-refractivity contribution in [3.63, 3.8) is 0 Å². The fourth-order valence-corrected chi connectivity index (χ4v) is 2.85. The van der Waals surface area contributed by atoms with Crippen LogP contribution >= 0.6 is 0 Å². The van der Waals surface area contributed by atoms with E-state index in [1.54, 1.807) is 7.11 Å². The van der Waals surface area contributed by atoms with Gasteiger partial charge < -0.3 is 4.74 Å². The Morgan fingerprint density at radius 3 is 2.00 bits per heavy atom. The summed E-state index contributed by atoms with van der Waals surface area (Å²) in [6.07, 6.45) is 1.94. The van der Waals surface area contributed by atoms with Crippen molar-refractivity contribution >= 4 is 0 Å². The van der Waals surface area contributed by atoms with Crippen molar-refractivity contribution in [2.45, 2.75) is 6.04 Å². The summed E-state index contributed by atoms with van der Waals surface area (Å²) in [5, 5.41) is 0. The van der Waals surface area contributed by atoms with E-state index < -0.39 is 0 Å². The Morgan fingerprint density at radius 2 is 1.57 bits per heavy atom. The summed E-state index contributed by atoms with van der Waals surface area (Å²) in [6.45, 7) is 10.2. The lowest BCUT2D eigenvalue weighted by Gasteiger charge is -2.32. The number of rotatable bonds is 9. The van der Waals surface area contributed by atoms with Gasteiger partial charge in [-0.05, 0) is 16.7 Å². The highest BCUT2D eigenvalue weighted by Crippen LogP contribution is 2.29. The van der Waals surface area contributed by atoms with Crippen molar-refractivity contribution < 1.29 is 4.74 Å². The van der Waals surface area contributed by atoms with Crippen molar-refractivity contribution in [2.24, 2.45) is 0 Å². The SMILES string of the molecule is C=CCN(CC(=C)COC)C(c1ccccc1)c1ccccc1. The molecule has 0 aliphatic carbocycles. The van der Waals surface area contributed by atoms with Gasteiger partial charge in [0.2, 0.25) is 0 Å². The first-order valence-corrected chi connectivity index (χ1v) is 7.86. The summed E-state index contributed by atoms with van der Waals surface area (Å²) < 4.78 is 5.22. The molecular formula is C21H25NO. The predicted octanol–water partition coefficient (Wildman–Crippen LogP) is 4.47. The molecule has 0 amide bonds. The van der Waals surface area contributed by atoms with Gasteiger partial charge in [0.1, 0.15) is 0 Å². The highest BCUT2D eigenvalue weighted by Gasteiger charge is 2.21. The van der Waals surface area contributed by atoms with Crippen LogP contribution in [-0.2, 0) is 4.74 Å². The van der Waals surface area contributed by atoms with Gasteiger partial charge in [-0.25, -0.2) is 0 Å². The van der Waals surface area contributed by atoms with E-state index in [1.165, 1.54) is 11.1 Å². The summed E-state index contributed by atoms with van der Waals surface area (Å²) in [6, 6.07) is 21.3. The van der Waals surface area contributed by atoms with Gasteiger partial charge in [0.25, 0.3) is 0 Å². The van der Waals surface area contributed by atoms with Crippen LogP contribution in [0.2, 0.25) is 0 Å². The van der Waals surface area contributed by atoms with Crippen molar-refractivity contribution in [3.05, 3.63) is 96.6 Å². The normalized spacial score (nSPS) is 10.9. The highest BCUT2D eigenvalue weighted by atomic mass is 16.5. The summed E-state index contributed by atoms with van der Waals surface area (Å²) in [4.78, 5) is 2.37. The Hall–Kier alpha value is -2.16. The Bertz CT molecular complexity index is 567. The largest absolute Gasteiger partial charge is 0.380 e. The van der Waals surface area contributed by atoms with Crippen LogP contribution in [0.3, 0.4) is 0 Å². The zero-order chi connectivity index (χ0) is 16.5. The summed E-state index contributed by atoms with van der Waals surface area (Å²) in [5.41, 5.74) is 3.60. The molecule has 0 unspecified atom stereocenters. The maximum atomic E-state index is 5.22. The van der Waals surface area contributed by atoms with Crippen molar-refractivity contribution in [1.82, 2.24) is 4.90 Å². The Labute approximate surface area is 139 Å². The molecule has 2 rings (SSSR count). The molecular weight excluding hydrogens is 282 g/mol. The minimum Gasteiger partial charge on any atom is -0.380 e. The topological polar surface area (TPSA) is 12.5 Å². The number of benzene rings is 2. The lowest BCUT2D eigenvalue weighted by atomic mass is 9.96. The molecule has 0 bridgehead atoms. The van der Waals surface area contributed by atoms with Crippen molar-refractivity contribution in [2.75, 3.05) is 26.8 Å². The molecule has 2 aromatic rings. The zero-order valence-corrected chi connectivity index (χ0v) is 13.8. The minimum absolute atomic E-state index is 0.170. The second-order valence-corrected chi connectivity index (χ2v) is 5.63. The smallest absolute Gasteiger partial charge is 0.0682 e. The molecule has 0 aliphatic rings. The fourth-order valence-electron chi connectivity index (χ4n) is 2.85. The number of hydrogen-bond donors (Lipinski definition) is 0. The third-order valence-electron chi connectivity index (χ3n) is 3.73. The predicted molar refractivity (Wildman–Crippen MR) is 97.5 cm³/mol. The second kappa shape index (κ2) is 9.09. The van der Waals surface area contributed by atoms with Crippen LogP contribution in [-0.4, -0.2) is 31.7 Å². The van der Waals surface area contributed by atoms with E-state index in [-0.39, 0.29) is 6.04 Å². The molecule has 2 heteroatoms. The summed E-state index contributed by atoms with van der Waals surface area (Å²) in [7, 11) is 1.70.